The predicted molar refractivity (Wildman–Crippen MR) is 108 cm³/mol. The number of ether oxygens (including phenoxy) is 1. The van der Waals surface area contributed by atoms with Crippen molar-refractivity contribution in [1.29, 1.82) is 0 Å². The molecule has 0 fully saturated rings. The minimum atomic E-state index is -0.247. The van der Waals surface area contributed by atoms with Crippen LogP contribution in [-0.2, 0) is 24.9 Å². The molecular formula is C21H18ClN3O3. The number of carbonyl (C=O) groups excluding carboxylic acids is 1. The van der Waals surface area contributed by atoms with Gasteiger partial charge in [-0.15, -0.1) is 0 Å². The van der Waals surface area contributed by atoms with E-state index < -0.39 is 0 Å². The number of pyridine rings is 2. The van der Waals surface area contributed by atoms with Gasteiger partial charge in [0, 0.05) is 37.6 Å². The number of anilines is 1. The molecule has 1 aliphatic heterocycles. The predicted octanol–water partition coefficient (Wildman–Crippen LogP) is 3.56. The van der Waals surface area contributed by atoms with Crippen molar-refractivity contribution < 1.29 is 9.53 Å². The molecule has 28 heavy (non-hydrogen) atoms. The minimum absolute atomic E-state index is 0.0309. The summed E-state index contributed by atoms with van der Waals surface area (Å²) < 4.78 is 7.48. The van der Waals surface area contributed by atoms with Gasteiger partial charge in [0.2, 0.25) is 5.91 Å². The summed E-state index contributed by atoms with van der Waals surface area (Å²) >= 11 is 6.08. The van der Waals surface area contributed by atoms with Gasteiger partial charge in [0.25, 0.3) is 5.56 Å². The Balaban J connectivity index is 1.76. The van der Waals surface area contributed by atoms with Gasteiger partial charge in [-0.05, 0) is 47.4 Å². The van der Waals surface area contributed by atoms with E-state index >= 15 is 0 Å². The molecule has 0 unspecified atom stereocenters. The Bertz CT molecular complexity index is 1080. The lowest BCUT2D eigenvalue weighted by atomic mass is 9.96. The summed E-state index contributed by atoms with van der Waals surface area (Å²) in [5, 5.41) is 3.07. The average molecular weight is 396 g/mol. The van der Waals surface area contributed by atoms with Crippen LogP contribution >= 0.6 is 11.6 Å². The number of benzene rings is 1. The van der Waals surface area contributed by atoms with E-state index in [-0.39, 0.29) is 16.5 Å². The van der Waals surface area contributed by atoms with Gasteiger partial charge in [-0.25, -0.2) is 0 Å². The van der Waals surface area contributed by atoms with E-state index in [9.17, 15) is 9.59 Å². The van der Waals surface area contributed by atoms with Crippen molar-refractivity contribution in [1.82, 2.24) is 9.55 Å². The third-order valence-electron chi connectivity index (χ3n) is 4.66. The van der Waals surface area contributed by atoms with E-state index in [1.165, 1.54) is 4.57 Å². The van der Waals surface area contributed by atoms with E-state index in [4.69, 9.17) is 16.3 Å². The minimum Gasteiger partial charge on any atom is -0.487 e. The second kappa shape index (κ2) is 7.48. The van der Waals surface area contributed by atoms with Crippen LogP contribution in [-0.4, -0.2) is 15.5 Å². The molecule has 142 valence electrons. The lowest BCUT2D eigenvalue weighted by molar-refractivity contribution is -0.116. The normalized spacial score (nSPS) is 13.0. The van der Waals surface area contributed by atoms with Gasteiger partial charge >= 0.3 is 0 Å². The number of amides is 1. The fourth-order valence-electron chi connectivity index (χ4n) is 3.22. The Labute approximate surface area is 166 Å². The Kier molecular flexibility index (Phi) is 4.88. The highest BCUT2D eigenvalue weighted by Gasteiger charge is 2.21. The maximum atomic E-state index is 11.9. The van der Waals surface area contributed by atoms with E-state index in [2.05, 4.69) is 10.3 Å². The van der Waals surface area contributed by atoms with Gasteiger partial charge in [-0.3, -0.25) is 14.6 Å². The summed E-state index contributed by atoms with van der Waals surface area (Å²) in [4.78, 5) is 27.9. The first-order valence-electron chi connectivity index (χ1n) is 8.86. The van der Waals surface area contributed by atoms with Gasteiger partial charge in [0.1, 0.15) is 17.4 Å². The molecule has 1 aliphatic rings. The number of nitrogens with zero attached hydrogens (tertiary/aromatic N) is 2. The highest BCUT2D eigenvalue weighted by molar-refractivity contribution is 6.30. The molecule has 3 heterocycles. The summed E-state index contributed by atoms with van der Waals surface area (Å²) in [5.74, 6) is 0.547. The lowest BCUT2D eigenvalue weighted by Crippen LogP contribution is -2.20. The number of nitrogens with one attached hydrogen (secondary N) is 1. The molecule has 4 rings (SSSR count). The van der Waals surface area contributed by atoms with Crippen molar-refractivity contribution in [2.45, 2.75) is 19.4 Å². The highest BCUT2D eigenvalue weighted by atomic mass is 35.5. The third-order valence-corrected chi connectivity index (χ3v) is 4.93. The first kappa shape index (κ1) is 18.3. The van der Waals surface area contributed by atoms with Gasteiger partial charge in [0.15, 0.2) is 0 Å². The zero-order valence-electron chi connectivity index (χ0n) is 15.2. The second-order valence-corrected chi connectivity index (χ2v) is 7.11. The molecule has 7 heteroatoms. The van der Waals surface area contributed by atoms with Crippen LogP contribution in [0.15, 0.2) is 53.7 Å². The fraction of sp³-hybridized carbons (Fsp3) is 0.190. The molecule has 0 spiro atoms. The Morgan fingerprint density at radius 3 is 2.82 bits per heavy atom. The monoisotopic (exact) mass is 395 g/mol. The molecule has 0 bridgehead atoms. The van der Waals surface area contributed by atoms with E-state index in [0.29, 0.717) is 30.9 Å². The molecule has 6 nitrogen and oxygen atoms in total. The van der Waals surface area contributed by atoms with Crippen molar-refractivity contribution in [3.63, 3.8) is 0 Å². The zero-order valence-corrected chi connectivity index (χ0v) is 16.0. The Morgan fingerprint density at radius 2 is 2.07 bits per heavy atom. The molecule has 1 N–H and O–H groups in total. The molecule has 0 saturated carbocycles. The summed E-state index contributed by atoms with van der Waals surface area (Å²) in [7, 11) is 1.66. The molecular weight excluding hydrogens is 378 g/mol. The second-order valence-electron chi connectivity index (χ2n) is 6.70. The molecule has 2 aromatic heterocycles. The Morgan fingerprint density at radius 1 is 1.21 bits per heavy atom. The summed E-state index contributed by atoms with van der Waals surface area (Å²) in [5.41, 5.74) is 4.03. The molecule has 1 aromatic carbocycles. The van der Waals surface area contributed by atoms with Gasteiger partial charge < -0.3 is 14.6 Å². The standard InChI is InChI=1S/C21H18ClN3O3/c1-25-11-16(8-17(22)21(25)27)15-7-14-4-5-19(26)24-20(14)18(9-15)28-12-13-3-2-6-23-10-13/h2-3,6-11H,4-5,12H2,1H3,(H,24,26). The number of hydrogen-bond donors (Lipinski definition) is 1. The topological polar surface area (TPSA) is 73.2 Å². The van der Waals surface area contributed by atoms with Crippen LogP contribution in [0.25, 0.3) is 11.1 Å². The smallest absolute Gasteiger partial charge is 0.269 e. The molecule has 0 aliphatic carbocycles. The van der Waals surface area contributed by atoms with Crippen LogP contribution in [0.5, 0.6) is 5.75 Å². The van der Waals surface area contributed by atoms with Crippen LogP contribution in [0.1, 0.15) is 17.5 Å². The van der Waals surface area contributed by atoms with Crippen LogP contribution in [0, 0.1) is 0 Å². The molecule has 1 amide bonds. The fourth-order valence-corrected chi connectivity index (χ4v) is 3.47. The van der Waals surface area contributed by atoms with Crippen LogP contribution in [0.4, 0.5) is 5.69 Å². The van der Waals surface area contributed by atoms with Crippen molar-refractivity contribution in [2.24, 2.45) is 7.05 Å². The van der Waals surface area contributed by atoms with Crippen molar-refractivity contribution in [3.05, 3.63) is 75.4 Å². The highest BCUT2D eigenvalue weighted by Crippen LogP contribution is 2.38. The summed E-state index contributed by atoms with van der Waals surface area (Å²) in [6, 6.07) is 9.28. The van der Waals surface area contributed by atoms with E-state index in [1.807, 2.05) is 24.3 Å². The number of rotatable bonds is 4. The quantitative estimate of drug-likeness (QED) is 0.733. The van der Waals surface area contributed by atoms with Crippen LogP contribution in [0.2, 0.25) is 5.02 Å². The number of fused-ring (bicyclic) bond motifs is 1. The zero-order chi connectivity index (χ0) is 19.7. The molecule has 0 radical (unpaired) electrons. The van der Waals surface area contributed by atoms with E-state index in [0.717, 1.165) is 22.3 Å². The number of hydrogen-bond acceptors (Lipinski definition) is 4. The Hall–Kier alpha value is -3.12. The first-order chi connectivity index (χ1) is 13.5. The molecule has 0 atom stereocenters. The molecule has 0 saturated heterocycles. The van der Waals surface area contributed by atoms with Gasteiger partial charge in [-0.1, -0.05) is 17.7 Å². The van der Waals surface area contributed by atoms with Crippen LogP contribution in [0.3, 0.4) is 0 Å². The van der Waals surface area contributed by atoms with Crippen molar-refractivity contribution in [2.75, 3.05) is 5.32 Å². The number of halogens is 1. The summed E-state index contributed by atoms with van der Waals surface area (Å²) in [6.45, 7) is 0.327. The van der Waals surface area contributed by atoms with Crippen molar-refractivity contribution in [3.8, 4) is 16.9 Å². The number of aryl methyl sites for hydroxylation is 2. The largest absolute Gasteiger partial charge is 0.487 e. The van der Waals surface area contributed by atoms with Gasteiger partial charge in [0.05, 0.1) is 5.69 Å². The van der Waals surface area contributed by atoms with Crippen molar-refractivity contribution >= 4 is 23.2 Å². The SMILES string of the molecule is Cn1cc(-c2cc3c(c(OCc4cccnc4)c2)NC(=O)CC3)cc(Cl)c1=O. The maximum Gasteiger partial charge on any atom is 0.269 e. The average Bonchev–Trinajstić information content (AvgIpc) is 2.70. The summed E-state index contributed by atoms with van der Waals surface area (Å²) in [6.07, 6.45) is 6.23. The number of carbonyl (C=O) groups is 1. The first-order valence-corrected chi connectivity index (χ1v) is 9.24. The van der Waals surface area contributed by atoms with E-state index in [1.54, 1.807) is 31.7 Å². The van der Waals surface area contributed by atoms with Gasteiger partial charge in [-0.2, -0.15) is 0 Å². The lowest BCUT2D eigenvalue weighted by Gasteiger charge is -2.22. The third kappa shape index (κ3) is 3.64. The number of aromatic nitrogens is 2. The van der Waals surface area contributed by atoms with Crippen LogP contribution < -0.4 is 15.6 Å². The maximum absolute atomic E-state index is 11.9. The molecule has 3 aromatic rings.